The lowest BCUT2D eigenvalue weighted by Crippen LogP contribution is -2.24. The Bertz CT molecular complexity index is 383. The summed E-state index contributed by atoms with van der Waals surface area (Å²) >= 11 is 0. The molecule has 1 heterocycles. The molecule has 0 aromatic carbocycles. The van der Waals surface area contributed by atoms with Crippen molar-refractivity contribution in [1.82, 2.24) is 4.98 Å². The third-order valence-electron chi connectivity index (χ3n) is 3.18. The second kappa shape index (κ2) is 6.24. The van der Waals surface area contributed by atoms with E-state index >= 15 is 0 Å². The minimum atomic E-state index is 0.599. The van der Waals surface area contributed by atoms with Gasteiger partial charge in [0, 0.05) is 12.7 Å². The van der Waals surface area contributed by atoms with E-state index in [0.29, 0.717) is 23.3 Å². The number of rotatable bonds is 5. The van der Waals surface area contributed by atoms with Crippen LogP contribution in [0, 0.1) is 29.1 Å². The Morgan fingerprint density at radius 2 is 1.94 bits per heavy atom. The van der Waals surface area contributed by atoms with Crippen molar-refractivity contribution in [2.45, 2.75) is 27.7 Å². The Labute approximate surface area is 104 Å². The first-order chi connectivity index (χ1) is 8.06. The van der Waals surface area contributed by atoms with Crippen molar-refractivity contribution in [3.8, 4) is 6.07 Å². The summed E-state index contributed by atoms with van der Waals surface area (Å²) in [5, 5.41) is 12.3. The summed E-state index contributed by atoms with van der Waals surface area (Å²) in [5.74, 6) is 1.86. The SMILES string of the molecule is CC(C)C(CNc1cnccc1C#N)C(C)C. The van der Waals surface area contributed by atoms with Crippen molar-refractivity contribution in [2.75, 3.05) is 11.9 Å². The van der Waals surface area contributed by atoms with Gasteiger partial charge in [-0.25, -0.2) is 0 Å². The zero-order chi connectivity index (χ0) is 12.8. The molecule has 0 aliphatic rings. The van der Waals surface area contributed by atoms with E-state index in [1.54, 1.807) is 18.5 Å². The largest absolute Gasteiger partial charge is 0.382 e. The van der Waals surface area contributed by atoms with Crippen molar-refractivity contribution < 1.29 is 0 Å². The van der Waals surface area contributed by atoms with Gasteiger partial charge in [0.1, 0.15) is 6.07 Å². The fourth-order valence-electron chi connectivity index (χ4n) is 2.10. The van der Waals surface area contributed by atoms with Crippen LogP contribution in [0.5, 0.6) is 0 Å². The molecule has 0 aliphatic carbocycles. The van der Waals surface area contributed by atoms with Crippen LogP contribution < -0.4 is 5.32 Å². The van der Waals surface area contributed by atoms with E-state index in [1.807, 2.05) is 0 Å². The molecule has 1 rings (SSSR count). The van der Waals surface area contributed by atoms with Crippen LogP contribution in [-0.4, -0.2) is 11.5 Å². The van der Waals surface area contributed by atoms with Crippen LogP contribution >= 0.6 is 0 Å². The van der Waals surface area contributed by atoms with Gasteiger partial charge in [-0.15, -0.1) is 0 Å². The topological polar surface area (TPSA) is 48.7 Å². The number of nitrogens with one attached hydrogen (secondary N) is 1. The first-order valence-electron chi connectivity index (χ1n) is 6.14. The summed E-state index contributed by atoms with van der Waals surface area (Å²) in [5.41, 5.74) is 1.49. The third-order valence-corrected chi connectivity index (χ3v) is 3.18. The normalized spacial score (nSPS) is 10.9. The van der Waals surface area contributed by atoms with Crippen molar-refractivity contribution in [3.63, 3.8) is 0 Å². The van der Waals surface area contributed by atoms with Gasteiger partial charge in [0.15, 0.2) is 0 Å². The molecule has 3 heteroatoms. The molecule has 1 aromatic heterocycles. The van der Waals surface area contributed by atoms with Crippen molar-refractivity contribution in [2.24, 2.45) is 17.8 Å². The lowest BCUT2D eigenvalue weighted by atomic mass is 9.85. The van der Waals surface area contributed by atoms with E-state index in [9.17, 15) is 0 Å². The van der Waals surface area contributed by atoms with E-state index in [2.05, 4.69) is 44.1 Å². The second-order valence-corrected chi connectivity index (χ2v) is 5.07. The highest BCUT2D eigenvalue weighted by atomic mass is 14.9. The van der Waals surface area contributed by atoms with E-state index < -0.39 is 0 Å². The monoisotopic (exact) mass is 231 g/mol. The predicted octanol–water partition coefficient (Wildman–Crippen LogP) is 3.29. The highest BCUT2D eigenvalue weighted by Gasteiger charge is 2.17. The highest BCUT2D eigenvalue weighted by Crippen LogP contribution is 2.22. The van der Waals surface area contributed by atoms with Crippen molar-refractivity contribution in [1.29, 1.82) is 5.26 Å². The first kappa shape index (κ1) is 13.5. The quantitative estimate of drug-likeness (QED) is 0.846. The molecule has 1 N–H and O–H groups in total. The summed E-state index contributed by atoms with van der Waals surface area (Å²) in [6, 6.07) is 3.91. The van der Waals surface area contributed by atoms with E-state index in [-0.39, 0.29) is 0 Å². The molecule has 0 amide bonds. The van der Waals surface area contributed by atoms with Gasteiger partial charge in [-0.3, -0.25) is 4.98 Å². The maximum atomic E-state index is 8.98. The van der Waals surface area contributed by atoms with Crippen molar-refractivity contribution in [3.05, 3.63) is 24.0 Å². The van der Waals surface area contributed by atoms with Gasteiger partial charge in [0.25, 0.3) is 0 Å². The van der Waals surface area contributed by atoms with Gasteiger partial charge < -0.3 is 5.32 Å². The molecule has 0 aliphatic heterocycles. The number of aromatic nitrogens is 1. The van der Waals surface area contributed by atoms with Crippen LogP contribution in [0.25, 0.3) is 0 Å². The fraction of sp³-hybridized carbons (Fsp3) is 0.571. The van der Waals surface area contributed by atoms with Gasteiger partial charge in [0.05, 0.1) is 17.4 Å². The number of pyridine rings is 1. The summed E-state index contributed by atoms with van der Waals surface area (Å²) < 4.78 is 0. The Morgan fingerprint density at radius 1 is 1.29 bits per heavy atom. The van der Waals surface area contributed by atoms with Crippen LogP contribution in [0.3, 0.4) is 0 Å². The molecule has 0 radical (unpaired) electrons. The first-order valence-corrected chi connectivity index (χ1v) is 6.14. The number of anilines is 1. The summed E-state index contributed by atoms with van der Waals surface area (Å²) in [4.78, 5) is 4.05. The molecule has 0 spiro atoms. The Balaban J connectivity index is 2.69. The summed E-state index contributed by atoms with van der Waals surface area (Å²) in [6.45, 7) is 9.83. The lowest BCUT2D eigenvalue weighted by Gasteiger charge is -2.25. The van der Waals surface area contributed by atoms with Gasteiger partial charge in [-0.1, -0.05) is 27.7 Å². The molecular weight excluding hydrogens is 210 g/mol. The Morgan fingerprint density at radius 3 is 2.47 bits per heavy atom. The van der Waals surface area contributed by atoms with E-state index in [1.165, 1.54) is 0 Å². The van der Waals surface area contributed by atoms with Gasteiger partial charge in [0.2, 0.25) is 0 Å². The standard InChI is InChI=1S/C14H21N3/c1-10(2)13(11(3)4)8-17-14-9-16-6-5-12(14)7-15/h5-6,9-11,13,17H,8H2,1-4H3. The third kappa shape index (κ3) is 3.74. The zero-order valence-electron chi connectivity index (χ0n) is 11.1. The van der Waals surface area contributed by atoms with Crippen LogP contribution in [0.15, 0.2) is 18.5 Å². The zero-order valence-corrected chi connectivity index (χ0v) is 11.1. The molecule has 1 aromatic rings. The molecule has 0 unspecified atom stereocenters. The Hall–Kier alpha value is -1.56. The van der Waals surface area contributed by atoms with E-state index in [0.717, 1.165) is 12.2 Å². The van der Waals surface area contributed by atoms with Gasteiger partial charge in [-0.2, -0.15) is 5.26 Å². The molecular formula is C14H21N3. The molecule has 3 nitrogen and oxygen atoms in total. The van der Waals surface area contributed by atoms with Crippen molar-refractivity contribution >= 4 is 5.69 Å². The average molecular weight is 231 g/mol. The number of hydrogen-bond acceptors (Lipinski definition) is 3. The molecule has 0 fully saturated rings. The summed E-state index contributed by atoms with van der Waals surface area (Å²) in [7, 11) is 0. The molecule has 0 saturated heterocycles. The number of hydrogen-bond donors (Lipinski definition) is 1. The maximum Gasteiger partial charge on any atom is 0.101 e. The molecule has 0 saturated carbocycles. The highest BCUT2D eigenvalue weighted by molar-refractivity contribution is 5.55. The maximum absolute atomic E-state index is 8.98. The van der Waals surface area contributed by atoms with Crippen LogP contribution in [0.4, 0.5) is 5.69 Å². The van der Waals surface area contributed by atoms with Crippen LogP contribution in [0.1, 0.15) is 33.3 Å². The average Bonchev–Trinajstić information content (AvgIpc) is 2.29. The predicted molar refractivity (Wildman–Crippen MR) is 70.6 cm³/mol. The van der Waals surface area contributed by atoms with Gasteiger partial charge >= 0.3 is 0 Å². The molecule has 0 atom stereocenters. The fourth-order valence-corrected chi connectivity index (χ4v) is 2.10. The Kier molecular flexibility index (Phi) is 4.96. The number of nitriles is 1. The van der Waals surface area contributed by atoms with Gasteiger partial charge in [-0.05, 0) is 23.8 Å². The smallest absolute Gasteiger partial charge is 0.101 e. The van der Waals surface area contributed by atoms with E-state index in [4.69, 9.17) is 5.26 Å². The van der Waals surface area contributed by atoms with Crippen LogP contribution in [0.2, 0.25) is 0 Å². The summed E-state index contributed by atoms with van der Waals surface area (Å²) in [6.07, 6.45) is 3.36. The lowest BCUT2D eigenvalue weighted by molar-refractivity contribution is 0.304. The minimum Gasteiger partial charge on any atom is -0.382 e. The molecule has 92 valence electrons. The second-order valence-electron chi connectivity index (χ2n) is 5.07. The molecule has 17 heavy (non-hydrogen) atoms. The molecule has 0 bridgehead atoms. The van der Waals surface area contributed by atoms with Crippen LogP contribution in [-0.2, 0) is 0 Å². The number of nitrogens with zero attached hydrogens (tertiary/aromatic N) is 2. The minimum absolute atomic E-state index is 0.599.